The normalized spacial score (nSPS) is 29.9. The molecule has 0 aromatic carbocycles. The molecule has 6 heteroatoms. The number of nitrogens with two attached hydrogens (primary N) is 1. The number of carbonyl (C=O) groups excluding carboxylic acids is 1. The fraction of sp³-hybridized carbons (Fsp3) is 0.923. The number of amides is 1. The Morgan fingerprint density at radius 3 is 2.79 bits per heavy atom. The lowest BCUT2D eigenvalue weighted by atomic mass is 10.0. The average Bonchev–Trinajstić information content (AvgIpc) is 2.97. The van der Waals surface area contributed by atoms with E-state index in [1.165, 1.54) is 0 Å². The molecule has 0 spiro atoms. The molecule has 1 saturated heterocycles. The molecule has 1 amide bonds. The number of aliphatic hydroxyl groups is 1. The second-order valence-electron chi connectivity index (χ2n) is 5.96. The van der Waals surface area contributed by atoms with Crippen LogP contribution in [-0.4, -0.2) is 53.9 Å². The molecular formula is C13H25N3O3. The van der Waals surface area contributed by atoms with Crippen molar-refractivity contribution in [3.05, 3.63) is 0 Å². The Kier molecular flexibility index (Phi) is 4.78. The van der Waals surface area contributed by atoms with Gasteiger partial charge in [0.25, 0.3) is 5.91 Å². The van der Waals surface area contributed by atoms with Crippen LogP contribution in [0.4, 0.5) is 0 Å². The van der Waals surface area contributed by atoms with E-state index in [-0.39, 0.29) is 12.0 Å². The van der Waals surface area contributed by atoms with Gasteiger partial charge in [-0.2, -0.15) is 0 Å². The van der Waals surface area contributed by atoms with Gasteiger partial charge < -0.3 is 14.7 Å². The third kappa shape index (κ3) is 3.89. The van der Waals surface area contributed by atoms with Gasteiger partial charge in [-0.1, -0.05) is 12.8 Å². The Labute approximate surface area is 114 Å². The predicted octanol–water partition coefficient (Wildman–Crippen LogP) is -0.239. The zero-order valence-corrected chi connectivity index (χ0v) is 11.6. The lowest BCUT2D eigenvalue weighted by molar-refractivity contribution is -0.132. The zero-order chi connectivity index (χ0) is 13.9. The topological polar surface area (TPSA) is 87.8 Å². The summed E-state index contributed by atoms with van der Waals surface area (Å²) in [5.41, 5.74) is 1.60. The van der Waals surface area contributed by atoms with Gasteiger partial charge in [0.15, 0.2) is 0 Å². The van der Waals surface area contributed by atoms with Gasteiger partial charge in [-0.25, -0.2) is 5.84 Å². The van der Waals surface area contributed by atoms with Crippen molar-refractivity contribution in [2.24, 2.45) is 5.84 Å². The molecule has 110 valence electrons. The number of hydrogen-bond acceptors (Lipinski definition) is 5. The number of nitrogens with one attached hydrogen (secondary N) is 1. The van der Waals surface area contributed by atoms with Gasteiger partial charge in [-0.3, -0.25) is 10.2 Å². The molecule has 1 aliphatic carbocycles. The standard InChI is InChI=1S/C13H25N3O3/c1-16(9-13(18)6-2-3-7-13)8-10-4-5-11(19-10)12(17)15-14/h10-11,18H,2-9,14H2,1H3,(H,15,17). The highest BCUT2D eigenvalue weighted by Crippen LogP contribution is 2.30. The van der Waals surface area contributed by atoms with Gasteiger partial charge in [0.05, 0.1) is 11.7 Å². The minimum absolute atomic E-state index is 0.0531. The van der Waals surface area contributed by atoms with Crippen molar-refractivity contribution in [1.29, 1.82) is 0 Å². The van der Waals surface area contributed by atoms with Crippen molar-refractivity contribution >= 4 is 5.91 Å². The minimum Gasteiger partial charge on any atom is -0.389 e. The summed E-state index contributed by atoms with van der Waals surface area (Å²) in [6.45, 7) is 1.43. The van der Waals surface area contributed by atoms with E-state index in [1.54, 1.807) is 0 Å². The summed E-state index contributed by atoms with van der Waals surface area (Å²) < 4.78 is 5.67. The summed E-state index contributed by atoms with van der Waals surface area (Å²) in [6, 6.07) is 0. The van der Waals surface area contributed by atoms with E-state index in [2.05, 4.69) is 10.3 Å². The number of rotatable bonds is 5. The van der Waals surface area contributed by atoms with E-state index in [9.17, 15) is 9.90 Å². The van der Waals surface area contributed by atoms with Crippen molar-refractivity contribution in [1.82, 2.24) is 10.3 Å². The van der Waals surface area contributed by atoms with Crippen molar-refractivity contribution < 1.29 is 14.6 Å². The molecule has 0 aromatic heterocycles. The maximum Gasteiger partial charge on any atom is 0.263 e. The first-order valence-electron chi connectivity index (χ1n) is 7.09. The summed E-state index contributed by atoms with van der Waals surface area (Å²) in [7, 11) is 2.00. The second kappa shape index (κ2) is 6.17. The number of hydrogen-bond donors (Lipinski definition) is 3. The summed E-state index contributed by atoms with van der Waals surface area (Å²) >= 11 is 0. The minimum atomic E-state index is -0.526. The lowest BCUT2D eigenvalue weighted by Crippen LogP contribution is -2.43. The maximum absolute atomic E-state index is 11.4. The smallest absolute Gasteiger partial charge is 0.263 e. The quantitative estimate of drug-likeness (QED) is 0.365. The molecule has 4 N–H and O–H groups in total. The number of ether oxygens (including phenoxy) is 1. The van der Waals surface area contributed by atoms with Crippen molar-refractivity contribution in [3.63, 3.8) is 0 Å². The highest BCUT2D eigenvalue weighted by molar-refractivity contribution is 5.80. The van der Waals surface area contributed by atoms with Crippen LogP contribution >= 0.6 is 0 Å². The Balaban J connectivity index is 1.74. The van der Waals surface area contributed by atoms with E-state index in [0.29, 0.717) is 13.0 Å². The molecule has 6 nitrogen and oxygen atoms in total. The number of likely N-dealkylation sites (N-methyl/N-ethyl adjacent to an activating group) is 1. The lowest BCUT2D eigenvalue weighted by Gasteiger charge is -2.30. The van der Waals surface area contributed by atoms with Crippen LogP contribution in [0.3, 0.4) is 0 Å². The van der Waals surface area contributed by atoms with E-state index in [1.807, 2.05) is 7.05 Å². The molecule has 1 aliphatic heterocycles. The third-order valence-corrected chi connectivity index (χ3v) is 4.16. The summed E-state index contributed by atoms with van der Waals surface area (Å²) in [4.78, 5) is 13.5. The van der Waals surface area contributed by atoms with Crippen molar-refractivity contribution in [2.45, 2.75) is 56.3 Å². The molecule has 2 rings (SSSR count). The Morgan fingerprint density at radius 2 is 2.16 bits per heavy atom. The van der Waals surface area contributed by atoms with Crippen LogP contribution in [0, 0.1) is 0 Å². The maximum atomic E-state index is 11.4. The van der Waals surface area contributed by atoms with Crippen LogP contribution in [-0.2, 0) is 9.53 Å². The Hall–Kier alpha value is -0.690. The molecular weight excluding hydrogens is 246 g/mol. The number of hydrazine groups is 1. The monoisotopic (exact) mass is 271 g/mol. The fourth-order valence-corrected chi connectivity index (χ4v) is 3.23. The van der Waals surface area contributed by atoms with Gasteiger partial charge >= 0.3 is 0 Å². The van der Waals surface area contributed by atoms with Crippen LogP contribution in [0.5, 0.6) is 0 Å². The molecule has 1 heterocycles. The first-order valence-corrected chi connectivity index (χ1v) is 7.09. The molecule has 2 unspecified atom stereocenters. The Bertz CT molecular complexity index is 318. The fourth-order valence-electron chi connectivity index (χ4n) is 3.23. The van der Waals surface area contributed by atoms with Crippen LogP contribution in [0.15, 0.2) is 0 Å². The van der Waals surface area contributed by atoms with Crippen LogP contribution < -0.4 is 11.3 Å². The van der Waals surface area contributed by atoms with E-state index in [0.717, 1.165) is 38.6 Å². The van der Waals surface area contributed by atoms with Gasteiger partial charge in [0, 0.05) is 13.1 Å². The molecule has 1 saturated carbocycles. The SMILES string of the molecule is CN(CC1CCC(C(=O)NN)O1)CC1(O)CCCC1. The van der Waals surface area contributed by atoms with Crippen molar-refractivity contribution in [2.75, 3.05) is 20.1 Å². The largest absolute Gasteiger partial charge is 0.389 e. The highest BCUT2D eigenvalue weighted by Gasteiger charge is 2.35. The van der Waals surface area contributed by atoms with Gasteiger partial charge in [-0.05, 0) is 32.7 Å². The zero-order valence-electron chi connectivity index (χ0n) is 11.6. The van der Waals surface area contributed by atoms with Gasteiger partial charge in [0.1, 0.15) is 6.10 Å². The van der Waals surface area contributed by atoms with E-state index in [4.69, 9.17) is 10.6 Å². The molecule has 0 bridgehead atoms. The predicted molar refractivity (Wildman–Crippen MR) is 71.1 cm³/mol. The average molecular weight is 271 g/mol. The van der Waals surface area contributed by atoms with Crippen LogP contribution in [0.1, 0.15) is 38.5 Å². The molecule has 0 aromatic rings. The molecule has 2 fully saturated rings. The summed E-state index contributed by atoms with van der Waals surface area (Å²) in [5, 5.41) is 10.4. The summed E-state index contributed by atoms with van der Waals surface area (Å²) in [6.07, 6.45) is 5.22. The van der Waals surface area contributed by atoms with Crippen LogP contribution in [0.25, 0.3) is 0 Å². The molecule has 2 aliphatic rings. The van der Waals surface area contributed by atoms with Gasteiger partial charge in [0.2, 0.25) is 0 Å². The highest BCUT2D eigenvalue weighted by atomic mass is 16.5. The summed E-state index contributed by atoms with van der Waals surface area (Å²) in [5.74, 6) is 4.85. The molecule has 19 heavy (non-hydrogen) atoms. The third-order valence-electron chi connectivity index (χ3n) is 4.16. The number of carbonyl (C=O) groups is 1. The molecule has 0 radical (unpaired) electrons. The molecule has 2 atom stereocenters. The van der Waals surface area contributed by atoms with Crippen molar-refractivity contribution in [3.8, 4) is 0 Å². The van der Waals surface area contributed by atoms with E-state index >= 15 is 0 Å². The number of nitrogens with zero attached hydrogens (tertiary/aromatic N) is 1. The first-order chi connectivity index (χ1) is 9.02. The van der Waals surface area contributed by atoms with Crippen LogP contribution in [0.2, 0.25) is 0 Å². The van der Waals surface area contributed by atoms with E-state index < -0.39 is 11.7 Å². The van der Waals surface area contributed by atoms with Gasteiger partial charge in [-0.15, -0.1) is 0 Å². The first kappa shape index (κ1) is 14.7. The Morgan fingerprint density at radius 1 is 1.47 bits per heavy atom. The second-order valence-corrected chi connectivity index (χ2v) is 5.96.